The fourth-order valence-electron chi connectivity index (χ4n) is 2.43. The molecular weight excluding hydrogens is 267 g/mol. The smallest absolute Gasteiger partial charge is 0.251 e. The van der Waals surface area contributed by atoms with E-state index in [-0.39, 0.29) is 16.5 Å². The van der Waals surface area contributed by atoms with E-state index in [2.05, 4.69) is 5.32 Å². The minimum Gasteiger partial charge on any atom is -0.350 e. The molecule has 2 rings (SSSR count). The fourth-order valence-corrected chi connectivity index (χ4v) is 2.61. The van der Waals surface area contributed by atoms with E-state index in [0.717, 1.165) is 25.7 Å². The zero-order valence-electron chi connectivity index (χ0n) is 10.7. The Balaban J connectivity index is 1.95. The van der Waals surface area contributed by atoms with E-state index < -0.39 is 5.82 Å². The van der Waals surface area contributed by atoms with Crippen molar-refractivity contribution in [2.45, 2.75) is 37.6 Å². The zero-order valence-corrected chi connectivity index (χ0v) is 11.5. The third-order valence-electron chi connectivity index (χ3n) is 3.63. The molecule has 0 spiro atoms. The number of hydrogen-bond acceptors (Lipinski definition) is 2. The normalized spacial score (nSPS) is 18.1. The first-order chi connectivity index (χ1) is 9.00. The Kier molecular flexibility index (Phi) is 4.42. The molecule has 1 aliphatic carbocycles. The van der Waals surface area contributed by atoms with Gasteiger partial charge in [0.25, 0.3) is 5.91 Å². The van der Waals surface area contributed by atoms with E-state index in [9.17, 15) is 9.18 Å². The Bertz CT molecular complexity index is 473. The first-order valence-corrected chi connectivity index (χ1v) is 6.90. The molecule has 104 valence electrons. The summed E-state index contributed by atoms with van der Waals surface area (Å²) in [5, 5.41) is 2.76. The number of hydrogen-bond donors (Lipinski definition) is 2. The van der Waals surface area contributed by atoms with Crippen molar-refractivity contribution in [1.82, 2.24) is 5.32 Å². The van der Waals surface area contributed by atoms with Gasteiger partial charge >= 0.3 is 0 Å². The van der Waals surface area contributed by atoms with Crippen LogP contribution in [-0.4, -0.2) is 18.0 Å². The van der Waals surface area contributed by atoms with Gasteiger partial charge in [0.05, 0.1) is 5.02 Å². The summed E-state index contributed by atoms with van der Waals surface area (Å²) in [5.74, 6) is -0.793. The largest absolute Gasteiger partial charge is 0.350 e. The van der Waals surface area contributed by atoms with Crippen molar-refractivity contribution in [3.63, 3.8) is 0 Å². The maximum Gasteiger partial charge on any atom is 0.251 e. The molecule has 0 aromatic heterocycles. The second-order valence-electron chi connectivity index (χ2n) is 5.23. The predicted molar refractivity (Wildman–Crippen MR) is 73.7 cm³/mol. The van der Waals surface area contributed by atoms with Crippen molar-refractivity contribution in [1.29, 1.82) is 0 Å². The highest BCUT2D eigenvalue weighted by Gasteiger charge is 2.27. The molecule has 1 aromatic rings. The molecule has 1 aromatic carbocycles. The first kappa shape index (κ1) is 14.3. The maximum atomic E-state index is 13.0. The van der Waals surface area contributed by atoms with Crippen molar-refractivity contribution < 1.29 is 9.18 Å². The molecule has 3 N–H and O–H groups in total. The molecule has 0 bridgehead atoms. The van der Waals surface area contributed by atoms with Gasteiger partial charge in [-0.2, -0.15) is 0 Å². The predicted octanol–water partition coefficient (Wildman–Crippen LogP) is 2.87. The van der Waals surface area contributed by atoms with Crippen molar-refractivity contribution in [3.8, 4) is 0 Å². The van der Waals surface area contributed by atoms with Crippen molar-refractivity contribution >= 4 is 17.5 Å². The van der Waals surface area contributed by atoms with Gasteiger partial charge in [0.15, 0.2) is 0 Å². The second-order valence-corrected chi connectivity index (χ2v) is 5.64. The molecule has 0 aliphatic heterocycles. The number of amides is 1. The molecule has 1 fully saturated rings. The van der Waals surface area contributed by atoms with Crippen LogP contribution < -0.4 is 11.1 Å². The first-order valence-electron chi connectivity index (χ1n) is 6.52. The quantitative estimate of drug-likeness (QED) is 0.897. The number of benzene rings is 1. The molecule has 1 amide bonds. The van der Waals surface area contributed by atoms with Gasteiger partial charge in [-0.1, -0.05) is 30.9 Å². The van der Waals surface area contributed by atoms with E-state index in [4.69, 9.17) is 17.3 Å². The van der Waals surface area contributed by atoms with Crippen LogP contribution >= 0.6 is 11.6 Å². The van der Waals surface area contributed by atoms with E-state index in [0.29, 0.717) is 12.1 Å². The average Bonchev–Trinajstić information content (AvgIpc) is 2.40. The zero-order chi connectivity index (χ0) is 13.9. The molecule has 1 saturated carbocycles. The number of carbonyl (C=O) groups is 1. The van der Waals surface area contributed by atoms with Crippen molar-refractivity contribution in [3.05, 3.63) is 34.6 Å². The van der Waals surface area contributed by atoms with E-state index in [1.54, 1.807) is 0 Å². The lowest BCUT2D eigenvalue weighted by molar-refractivity contribution is 0.0937. The lowest BCUT2D eigenvalue weighted by Crippen LogP contribution is -2.51. The number of rotatable bonds is 3. The SMILES string of the molecule is NC1(CNC(=O)c2ccc(F)c(Cl)c2)CCCCC1. The maximum absolute atomic E-state index is 13.0. The number of carbonyl (C=O) groups excluding carboxylic acids is 1. The summed E-state index contributed by atoms with van der Waals surface area (Å²) >= 11 is 5.65. The third kappa shape index (κ3) is 3.67. The Morgan fingerprint density at radius 1 is 1.37 bits per heavy atom. The van der Waals surface area contributed by atoms with Crippen LogP contribution in [0.4, 0.5) is 4.39 Å². The summed E-state index contributed by atoms with van der Waals surface area (Å²) in [5.41, 5.74) is 6.28. The van der Waals surface area contributed by atoms with Gasteiger partial charge in [0.1, 0.15) is 5.82 Å². The summed E-state index contributed by atoms with van der Waals surface area (Å²) in [6.07, 6.45) is 5.28. The van der Waals surface area contributed by atoms with Gasteiger partial charge in [0, 0.05) is 17.6 Å². The van der Waals surface area contributed by atoms with Gasteiger partial charge in [-0.15, -0.1) is 0 Å². The van der Waals surface area contributed by atoms with Crippen LogP contribution in [0.15, 0.2) is 18.2 Å². The molecule has 1 aliphatic rings. The Morgan fingerprint density at radius 2 is 2.05 bits per heavy atom. The number of nitrogens with two attached hydrogens (primary N) is 1. The van der Waals surface area contributed by atoms with Crippen LogP contribution in [-0.2, 0) is 0 Å². The van der Waals surface area contributed by atoms with E-state index in [1.165, 1.54) is 24.6 Å². The Hall–Kier alpha value is -1.13. The van der Waals surface area contributed by atoms with Crippen LogP contribution in [0.25, 0.3) is 0 Å². The highest BCUT2D eigenvalue weighted by atomic mass is 35.5. The number of nitrogens with one attached hydrogen (secondary N) is 1. The van der Waals surface area contributed by atoms with Crippen LogP contribution in [0.3, 0.4) is 0 Å². The van der Waals surface area contributed by atoms with Gasteiger partial charge in [-0.3, -0.25) is 4.79 Å². The average molecular weight is 285 g/mol. The lowest BCUT2D eigenvalue weighted by Gasteiger charge is -2.33. The summed E-state index contributed by atoms with van der Waals surface area (Å²) in [4.78, 5) is 11.9. The molecule has 5 heteroatoms. The third-order valence-corrected chi connectivity index (χ3v) is 3.92. The summed E-state index contributed by atoms with van der Waals surface area (Å²) in [6, 6.07) is 3.94. The molecule has 3 nitrogen and oxygen atoms in total. The molecule has 0 heterocycles. The topological polar surface area (TPSA) is 55.1 Å². The highest BCUT2D eigenvalue weighted by Crippen LogP contribution is 2.25. The fraction of sp³-hybridized carbons (Fsp3) is 0.500. The van der Waals surface area contributed by atoms with Gasteiger partial charge in [-0.05, 0) is 31.0 Å². The molecule has 0 saturated heterocycles. The van der Waals surface area contributed by atoms with Gasteiger partial charge in [0.2, 0.25) is 0 Å². The van der Waals surface area contributed by atoms with Crippen LogP contribution in [0.2, 0.25) is 5.02 Å². The Morgan fingerprint density at radius 3 is 2.68 bits per heavy atom. The molecular formula is C14H18ClFN2O. The van der Waals surface area contributed by atoms with Gasteiger partial charge in [-0.25, -0.2) is 4.39 Å². The van der Waals surface area contributed by atoms with Crippen molar-refractivity contribution in [2.75, 3.05) is 6.54 Å². The van der Waals surface area contributed by atoms with Crippen LogP contribution in [0.1, 0.15) is 42.5 Å². The van der Waals surface area contributed by atoms with Gasteiger partial charge < -0.3 is 11.1 Å². The van der Waals surface area contributed by atoms with Crippen LogP contribution in [0, 0.1) is 5.82 Å². The minimum atomic E-state index is -0.527. The summed E-state index contributed by atoms with van der Waals surface area (Å²) in [6.45, 7) is 0.445. The van der Waals surface area contributed by atoms with Crippen LogP contribution in [0.5, 0.6) is 0 Å². The molecule has 19 heavy (non-hydrogen) atoms. The summed E-state index contributed by atoms with van der Waals surface area (Å²) < 4.78 is 13.0. The summed E-state index contributed by atoms with van der Waals surface area (Å²) in [7, 11) is 0. The number of halogens is 2. The van der Waals surface area contributed by atoms with E-state index >= 15 is 0 Å². The van der Waals surface area contributed by atoms with E-state index in [1.807, 2.05) is 0 Å². The molecule has 0 atom stereocenters. The monoisotopic (exact) mass is 284 g/mol. The standard InChI is InChI=1S/C14H18ClFN2O/c15-11-8-10(4-5-12(11)16)13(19)18-9-14(17)6-2-1-3-7-14/h4-5,8H,1-3,6-7,9,17H2,(H,18,19). The minimum absolute atomic E-state index is 0.0484. The highest BCUT2D eigenvalue weighted by molar-refractivity contribution is 6.31. The van der Waals surface area contributed by atoms with Crippen molar-refractivity contribution in [2.24, 2.45) is 5.73 Å². The molecule has 0 unspecified atom stereocenters. The molecule has 0 radical (unpaired) electrons. The Labute approximate surface area is 117 Å². The second kappa shape index (κ2) is 5.88. The lowest BCUT2D eigenvalue weighted by atomic mass is 9.82.